The van der Waals surface area contributed by atoms with Gasteiger partial charge in [-0.1, -0.05) is 12.1 Å². The predicted octanol–water partition coefficient (Wildman–Crippen LogP) is 3.66. The van der Waals surface area contributed by atoms with E-state index >= 15 is 0 Å². The van der Waals surface area contributed by atoms with E-state index in [-0.39, 0.29) is 11.6 Å². The fraction of sp³-hybridized carbons (Fsp3) is 0.267. The van der Waals surface area contributed by atoms with E-state index in [0.29, 0.717) is 12.2 Å². The molecule has 1 unspecified atom stereocenters. The minimum absolute atomic E-state index is 0.343. The molecule has 0 bridgehead atoms. The van der Waals surface area contributed by atoms with Gasteiger partial charge in [-0.25, -0.2) is 0 Å². The fourth-order valence-corrected chi connectivity index (χ4v) is 2.01. The first-order chi connectivity index (χ1) is 9.88. The zero-order chi connectivity index (χ0) is 15.5. The monoisotopic (exact) mass is 297 g/mol. The van der Waals surface area contributed by atoms with Crippen LogP contribution in [0.5, 0.6) is 0 Å². The number of carbonyl (C=O) groups excluding carboxylic acids is 1. The summed E-state index contributed by atoms with van der Waals surface area (Å²) < 4.78 is 43.7. The number of alkyl halides is 3. The highest BCUT2D eigenvalue weighted by atomic mass is 19.4. The van der Waals surface area contributed by atoms with Crippen molar-refractivity contribution in [1.29, 1.82) is 0 Å². The van der Waals surface area contributed by atoms with E-state index in [0.717, 1.165) is 12.1 Å². The van der Waals surface area contributed by atoms with Gasteiger partial charge >= 0.3 is 6.18 Å². The molecule has 0 radical (unpaired) electrons. The maximum atomic E-state index is 12.9. The van der Waals surface area contributed by atoms with Crippen molar-refractivity contribution in [1.82, 2.24) is 5.32 Å². The van der Waals surface area contributed by atoms with Crippen molar-refractivity contribution in [3.05, 3.63) is 59.5 Å². The van der Waals surface area contributed by atoms with Gasteiger partial charge in [0.15, 0.2) is 0 Å². The first kappa shape index (κ1) is 15.2. The van der Waals surface area contributed by atoms with E-state index in [2.05, 4.69) is 5.32 Å². The van der Waals surface area contributed by atoms with Gasteiger partial charge in [-0.2, -0.15) is 13.2 Å². The van der Waals surface area contributed by atoms with Crippen LogP contribution in [0.25, 0.3) is 0 Å². The Balaban J connectivity index is 2.10. The second-order valence-electron chi connectivity index (χ2n) is 4.70. The smallest absolute Gasteiger partial charge is 0.417 e. The lowest BCUT2D eigenvalue weighted by molar-refractivity contribution is -0.137. The summed E-state index contributed by atoms with van der Waals surface area (Å²) in [5, 5.41) is 2.55. The number of carbonyl (C=O) groups is 1. The van der Waals surface area contributed by atoms with Gasteiger partial charge in [0, 0.05) is 12.5 Å². The fourth-order valence-electron chi connectivity index (χ4n) is 2.01. The van der Waals surface area contributed by atoms with Gasteiger partial charge in [-0.05, 0) is 31.2 Å². The number of furan rings is 1. The highest BCUT2D eigenvalue weighted by molar-refractivity contribution is 5.96. The lowest BCUT2D eigenvalue weighted by Gasteiger charge is -2.16. The molecule has 21 heavy (non-hydrogen) atoms. The maximum Gasteiger partial charge on any atom is 0.417 e. The molecule has 1 aromatic carbocycles. The number of benzene rings is 1. The molecule has 1 atom stereocenters. The zero-order valence-electron chi connectivity index (χ0n) is 11.3. The van der Waals surface area contributed by atoms with E-state index < -0.39 is 17.6 Å². The van der Waals surface area contributed by atoms with Crippen molar-refractivity contribution >= 4 is 5.91 Å². The minimum atomic E-state index is -4.56. The average molecular weight is 297 g/mol. The Morgan fingerprint density at radius 2 is 1.95 bits per heavy atom. The maximum absolute atomic E-state index is 12.9. The second-order valence-corrected chi connectivity index (χ2v) is 4.70. The van der Waals surface area contributed by atoms with Gasteiger partial charge in [0.05, 0.1) is 17.4 Å². The number of hydrogen-bond acceptors (Lipinski definition) is 2. The molecule has 2 rings (SSSR count). The molecule has 6 heteroatoms. The molecular weight excluding hydrogens is 283 g/mol. The standard InChI is InChI=1S/C15H14F3NO2/c1-10(9-11-5-4-8-21-11)19-14(20)12-6-2-3-7-13(12)15(16,17)18/h2-8,10H,9H2,1H3,(H,19,20). The third kappa shape index (κ3) is 3.87. The van der Waals surface area contributed by atoms with Crippen molar-refractivity contribution in [3.8, 4) is 0 Å². The highest BCUT2D eigenvalue weighted by Gasteiger charge is 2.34. The molecule has 112 valence electrons. The minimum Gasteiger partial charge on any atom is -0.469 e. The normalized spacial score (nSPS) is 13.0. The van der Waals surface area contributed by atoms with Crippen LogP contribution >= 0.6 is 0 Å². The first-order valence-electron chi connectivity index (χ1n) is 6.37. The van der Waals surface area contributed by atoms with Gasteiger partial charge in [0.25, 0.3) is 5.91 Å². The van der Waals surface area contributed by atoms with Gasteiger partial charge in [-0.15, -0.1) is 0 Å². The van der Waals surface area contributed by atoms with E-state index in [1.54, 1.807) is 19.1 Å². The van der Waals surface area contributed by atoms with Gasteiger partial charge in [0.1, 0.15) is 5.76 Å². The van der Waals surface area contributed by atoms with Crippen molar-refractivity contribution in [2.45, 2.75) is 25.6 Å². The van der Waals surface area contributed by atoms with Crippen LogP contribution in [0.2, 0.25) is 0 Å². The Bertz CT molecular complexity index is 606. The average Bonchev–Trinajstić information content (AvgIpc) is 2.90. The molecule has 0 saturated heterocycles. The highest BCUT2D eigenvalue weighted by Crippen LogP contribution is 2.31. The van der Waals surface area contributed by atoms with E-state index in [4.69, 9.17) is 4.42 Å². The van der Waals surface area contributed by atoms with Crippen LogP contribution in [0.1, 0.15) is 28.6 Å². The molecule has 2 aromatic rings. The molecule has 0 saturated carbocycles. The van der Waals surface area contributed by atoms with E-state index in [9.17, 15) is 18.0 Å². The SMILES string of the molecule is CC(Cc1ccco1)NC(=O)c1ccccc1C(F)(F)F. The van der Waals surface area contributed by atoms with Crippen LogP contribution in [0.4, 0.5) is 13.2 Å². The topological polar surface area (TPSA) is 42.2 Å². The molecule has 0 aliphatic rings. The molecule has 3 nitrogen and oxygen atoms in total. The summed E-state index contributed by atoms with van der Waals surface area (Å²) in [7, 11) is 0. The van der Waals surface area contributed by atoms with Crippen molar-refractivity contribution in [2.75, 3.05) is 0 Å². The van der Waals surface area contributed by atoms with Crippen molar-refractivity contribution in [2.24, 2.45) is 0 Å². The lowest BCUT2D eigenvalue weighted by atomic mass is 10.1. The third-order valence-electron chi connectivity index (χ3n) is 2.94. The summed E-state index contributed by atoms with van der Waals surface area (Å²) in [5.41, 5.74) is -1.32. The predicted molar refractivity (Wildman–Crippen MR) is 70.8 cm³/mol. The number of rotatable bonds is 4. The summed E-state index contributed by atoms with van der Waals surface area (Å²) in [5.74, 6) is -0.0890. The van der Waals surface area contributed by atoms with Crippen LogP contribution < -0.4 is 5.32 Å². The molecule has 1 N–H and O–H groups in total. The van der Waals surface area contributed by atoms with Crippen LogP contribution in [0.3, 0.4) is 0 Å². The Hall–Kier alpha value is -2.24. The Morgan fingerprint density at radius 1 is 1.24 bits per heavy atom. The number of hydrogen-bond donors (Lipinski definition) is 1. The molecule has 0 aliphatic carbocycles. The number of amides is 1. The number of nitrogens with one attached hydrogen (secondary N) is 1. The summed E-state index contributed by atoms with van der Waals surface area (Å²) in [6.45, 7) is 1.70. The largest absolute Gasteiger partial charge is 0.469 e. The molecular formula is C15H14F3NO2. The van der Waals surface area contributed by atoms with Crippen molar-refractivity contribution < 1.29 is 22.4 Å². The molecule has 0 spiro atoms. The molecule has 0 aliphatic heterocycles. The van der Waals surface area contributed by atoms with Crippen LogP contribution in [0, 0.1) is 0 Å². The summed E-state index contributed by atoms with van der Waals surface area (Å²) >= 11 is 0. The van der Waals surface area contributed by atoms with Gasteiger partial charge in [0.2, 0.25) is 0 Å². The zero-order valence-corrected chi connectivity index (χ0v) is 11.3. The molecule has 0 fully saturated rings. The summed E-state index contributed by atoms with van der Waals surface area (Å²) in [4.78, 5) is 12.0. The number of halogens is 3. The van der Waals surface area contributed by atoms with Crippen LogP contribution in [0.15, 0.2) is 47.1 Å². The van der Waals surface area contributed by atoms with Gasteiger partial charge in [-0.3, -0.25) is 4.79 Å². The molecule has 1 amide bonds. The summed E-state index contributed by atoms with van der Waals surface area (Å²) in [6, 6.07) is 7.83. The third-order valence-corrected chi connectivity index (χ3v) is 2.94. The van der Waals surface area contributed by atoms with E-state index in [1.165, 1.54) is 18.4 Å². The van der Waals surface area contributed by atoms with Crippen molar-refractivity contribution in [3.63, 3.8) is 0 Å². The molecule has 1 aromatic heterocycles. The second kappa shape index (κ2) is 6.03. The first-order valence-corrected chi connectivity index (χ1v) is 6.37. The Labute approximate surface area is 119 Å². The van der Waals surface area contributed by atoms with Gasteiger partial charge < -0.3 is 9.73 Å². The Morgan fingerprint density at radius 3 is 2.57 bits per heavy atom. The lowest BCUT2D eigenvalue weighted by Crippen LogP contribution is -2.35. The summed E-state index contributed by atoms with van der Waals surface area (Å²) in [6.07, 6.45) is -2.64. The van der Waals surface area contributed by atoms with Crippen LogP contribution in [-0.4, -0.2) is 11.9 Å². The Kier molecular flexibility index (Phi) is 4.35. The van der Waals surface area contributed by atoms with Crippen LogP contribution in [-0.2, 0) is 12.6 Å². The molecule has 1 heterocycles. The van der Waals surface area contributed by atoms with E-state index in [1.807, 2.05) is 0 Å². The quantitative estimate of drug-likeness (QED) is 0.935.